The van der Waals surface area contributed by atoms with Gasteiger partial charge in [0, 0.05) is 24.7 Å². The van der Waals surface area contributed by atoms with Gasteiger partial charge >= 0.3 is 0 Å². The van der Waals surface area contributed by atoms with Crippen molar-refractivity contribution in [3.05, 3.63) is 42.1 Å². The highest BCUT2D eigenvalue weighted by atomic mass is 16.5. The minimum atomic E-state index is 0.225. The number of aromatic nitrogens is 1. The summed E-state index contributed by atoms with van der Waals surface area (Å²) in [6, 6.07) is 10.8. The summed E-state index contributed by atoms with van der Waals surface area (Å²) in [5, 5.41) is 4.82. The molecule has 2 rings (SSSR count). The van der Waals surface area contributed by atoms with Gasteiger partial charge in [-0.3, -0.25) is 4.98 Å². The topological polar surface area (TPSA) is 34.1 Å². The maximum Gasteiger partial charge on any atom is 0.0749 e. The lowest BCUT2D eigenvalue weighted by Gasteiger charge is -2.23. The first-order valence-corrected chi connectivity index (χ1v) is 7.36. The molecule has 1 N–H and O–H groups in total. The van der Waals surface area contributed by atoms with Gasteiger partial charge in [-0.05, 0) is 37.9 Å². The summed E-state index contributed by atoms with van der Waals surface area (Å²) in [7, 11) is 1.77. The lowest BCUT2D eigenvalue weighted by Crippen LogP contribution is -2.26. The van der Waals surface area contributed by atoms with Crippen LogP contribution in [-0.4, -0.2) is 24.7 Å². The van der Waals surface area contributed by atoms with Crippen molar-refractivity contribution in [3.8, 4) is 0 Å². The van der Waals surface area contributed by atoms with Crippen molar-refractivity contribution < 1.29 is 4.74 Å². The quantitative estimate of drug-likeness (QED) is 0.834. The van der Waals surface area contributed by atoms with Crippen LogP contribution in [0, 0.1) is 0 Å². The third-order valence-electron chi connectivity index (χ3n) is 3.65. The fourth-order valence-electron chi connectivity index (χ4n) is 2.48. The van der Waals surface area contributed by atoms with Gasteiger partial charge in [-0.15, -0.1) is 0 Å². The third kappa shape index (κ3) is 3.56. The van der Waals surface area contributed by atoms with Gasteiger partial charge in [-0.25, -0.2) is 0 Å². The van der Waals surface area contributed by atoms with Gasteiger partial charge in [0.05, 0.1) is 11.6 Å². The third-order valence-corrected chi connectivity index (χ3v) is 3.65. The smallest absolute Gasteiger partial charge is 0.0749 e. The zero-order chi connectivity index (χ0) is 14.4. The van der Waals surface area contributed by atoms with E-state index in [-0.39, 0.29) is 12.1 Å². The molecule has 0 aliphatic heterocycles. The monoisotopic (exact) mass is 272 g/mol. The van der Waals surface area contributed by atoms with E-state index in [1.165, 1.54) is 10.9 Å². The van der Waals surface area contributed by atoms with Crippen LogP contribution < -0.4 is 5.32 Å². The SMILES string of the molecule is CCCNC(CC(C)OC)c1cccc2cccnc12. The van der Waals surface area contributed by atoms with Gasteiger partial charge in [-0.1, -0.05) is 31.2 Å². The molecule has 108 valence electrons. The Labute approximate surface area is 121 Å². The molecular weight excluding hydrogens is 248 g/mol. The van der Waals surface area contributed by atoms with Crippen molar-refractivity contribution >= 4 is 10.9 Å². The van der Waals surface area contributed by atoms with Crippen LogP contribution in [0.5, 0.6) is 0 Å². The highest BCUT2D eigenvalue weighted by Crippen LogP contribution is 2.26. The van der Waals surface area contributed by atoms with Gasteiger partial charge in [-0.2, -0.15) is 0 Å². The van der Waals surface area contributed by atoms with E-state index in [4.69, 9.17) is 4.74 Å². The van der Waals surface area contributed by atoms with Gasteiger partial charge < -0.3 is 10.1 Å². The summed E-state index contributed by atoms with van der Waals surface area (Å²) in [5.41, 5.74) is 2.35. The van der Waals surface area contributed by atoms with Crippen LogP contribution in [0.4, 0.5) is 0 Å². The normalized spacial score (nSPS) is 14.3. The van der Waals surface area contributed by atoms with Crippen molar-refractivity contribution in [2.75, 3.05) is 13.7 Å². The second-order valence-corrected chi connectivity index (χ2v) is 5.21. The predicted octanol–water partition coefficient (Wildman–Crippen LogP) is 3.70. The molecule has 3 heteroatoms. The number of rotatable bonds is 7. The largest absolute Gasteiger partial charge is 0.382 e. The molecule has 0 aliphatic rings. The van der Waals surface area contributed by atoms with Crippen molar-refractivity contribution in [3.63, 3.8) is 0 Å². The molecule has 1 aromatic carbocycles. The molecule has 0 saturated carbocycles. The summed E-state index contributed by atoms with van der Waals surface area (Å²) in [6.45, 7) is 5.30. The fourth-order valence-corrected chi connectivity index (χ4v) is 2.48. The summed E-state index contributed by atoms with van der Waals surface area (Å²) in [5.74, 6) is 0. The van der Waals surface area contributed by atoms with Gasteiger partial charge in [0.2, 0.25) is 0 Å². The van der Waals surface area contributed by atoms with E-state index < -0.39 is 0 Å². The number of fused-ring (bicyclic) bond motifs is 1. The highest BCUT2D eigenvalue weighted by Gasteiger charge is 2.17. The zero-order valence-electron chi connectivity index (χ0n) is 12.6. The number of benzene rings is 1. The maximum absolute atomic E-state index is 5.43. The predicted molar refractivity (Wildman–Crippen MR) is 83.9 cm³/mol. The Morgan fingerprint density at radius 3 is 2.80 bits per heavy atom. The molecule has 0 bridgehead atoms. The van der Waals surface area contributed by atoms with Crippen molar-refractivity contribution in [1.82, 2.24) is 10.3 Å². The van der Waals surface area contributed by atoms with Crippen LogP contribution in [0.15, 0.2) is 36.5 Å². The Kier molecular flexibility index (Phi) is 5.50. The van der Waals surface area contributed by atoms with E-state index in [1.807, 2.05) is 12.3 Å². The fraction of sp³-hybridized carbons (Fsp3) is 0.471. The standard InChI is InChI=1S/C17H24N2O/c1-4-10-18-16(12-13(2)20-3)15-9-5-7-14-8-6-11-19-17(14)15/h5-9,11,13,16,18H,4,10,12H2,1-3H3. The molecule has 2 unspecified atom stereocenters. The Morgan fingerprint density at radius 1 is 1.25 bits per heavy atom. The molecule has 0 spiro atoms. The average molecular weight is 272 g/mol. The Hall–Kier alpha value is -1.45. The summed E-state index contributed by atoms with van der Waals surface area (Å²) in [4.78, 5) is 4.56. The molecule has 1 aromatic heterocycles. The summed E-state index contributed by atoms with van der Waals surface area (Å²) in [6.07, 6.45) is 4.16. The van der Waals surface area contributed by atoms with E-state index in [0.717, 1.165) is 24.9 Å². The Bertz CT molecular complexity index is 536. The maximum atomic E-state index is 5.43. The number of para-hydroxylation sites is 1. The van der Waals surface area contributed by atoms with Crippen LogP contribution >= 0.6 is 0 Å². The van der Waals surface area contributed by atoms with Crippen molar-refractivity contribution in [1.29, 1.82) is 0 Å². The molecule has 0 amide bonds. The molecule has 0 fully saturated rings. The molecule has 0 saturated heterocycles. The molecule has 0 radical (unpaired) electrons. The number of hydrogen-bond acceptors (Lipinski definition) is 3. The molecule has 1 heterocycles. The summed E-state index contributed by atoms with van der Waals surface area (Å²) < 4.78 is 5.43. The second kappa shape index (κ2) is 7.36. The molecule has 2 atom stereocenters. The van der Waals surface area contributed by atoms with Crippen LogP contribution in [-0.2, 0) is 4.74 Å². The van der Waals surface area contributed by atoms with Crippen LogP contribution in [0.2, 0.25) is 0 Å². The van der Waals surface area contributed by atoms with E-state index in [2.05, 4.69) is 48.4 Å². The number of pyridine rings is 1. The Morgan fingerprint density at radius 2 is 2.05 bits per heavy atom. The lowest BCUT2D eigenvalue weighted by atomic mass is 9.98. The summed E-state index contributed by atoms with van der Waals surface area (Å²) >= 11 is 0. The van der Waals surface area contributed by atoms with Gasteiger partial charge in [0.25, 0.3) is 0 Å². The second-order valence-electron chi connectivity index (χ2n) is 5.21. The van der Waals surface area contributed by atoms with E-state index in [9.17, 15) is 0 Å². The minimum Gasteiger partial charge on any atom is -0.382 e. The van der Waals surface area contributed by atoms with Gasteiger partial charge in [0.1, 0.15) is 0 Å². The minimum absolute atomic E-state index is 0.225. The average Bonchev–Trinajstić information content (AvgIpc) is 2.50. The van der Waals surface area contributed by atoms with E-state index in [1.54, 1.807) is 7.11 Å². The first-order chi connectivity index (χ1) is 9.76. The first-order valence-electron chi connectivity index (χ1n) is 7.36. The number of hydrogen-bond donors (Lipinski definition) is 1. The number of ether oxygens (including phenoxy) is 1. The molecule has 2 aromatic rings. The van der Waals surface area contributed by atoms with E-state index in [0.29, 0.717) is 0 Å². The molecule has 3 nitrogen and oxygen atoms in total. The van der Waals surface area contributed by atoms with E-state index >= 15 is 0 Å². The zero-order valence-corrected chi connectivity index (χ0v) is 12.6. The molecular formula is C17H24N2O. The Balaban J connectivity index is 2.34. The van der Waals surface area contributed by atoms with Crippen molar-refractivity contribution in [2.24, 2.45) is 0 Å². The highest BCUT2D eigenvalue weighted by molar-refractivity contribution is 5.82. The number of nitrogens with one attached hydrogen (secondary N) is 1. The van der Waals surface area contributed by atoms with Crippen LogP contribution in [0.1, 0.15) is 38.3 Å². The van der Waals surface area contributed by atoms with Crippen molar-refractivity contribution in [2.45, 2.75) is 38.8 Å². The molecule has 20 heavy (non-hydrogen) atoms. The molecule has 0 aliphatic carbocycles. The lowest BCUT2D eigenvalue weighted by molar-refractivity contribution is 0.100. The number of methoxy groups -OCH3 is 1. The number of nitrogens with zero attached hydrogens (tertiary/aromatic N) is 1. The van der Waals surface area contributed by atoms with Gasteiger partial charge in [0.15, 0.2) is 0 Å². The van der Waals surface area contributed by atoms with Crippen LogP contribution in [0.25, 0.3) is 10.9 Å². The first kappa shape index (κ1) is 14.9. The van der Waals surface area contributed by atoms with Crippen LogP contribution in [0.3, 0.4) is 0 Å².